The number of carbonyl (C=O) groups is 1. The number of nitrogens with one attached hydrogen (secondary N) is 1. The van der Waals surface area contributed by atoms with Crippen LogP contribution in [0.2, 0.25) is 5.02 Å². The molecule has 1 unspecified atom stereocenters. The third-order valence-corrected chi connectivity index (χ3v) is 3.76. The van der Waals surface area contributed by atoms with E-state index >= 15 is 0 Å². The van der Waals surface area contributed by atoms with Crippen molar-refractivity contribution in [3.63, 3.8) is 0 Å². The van der Waals surface area contributed by atoms with Gasteiger partial charge in [-0.2, -0.15) is 0 Å². The first-order valence-corrected chi connectivity index (χ1v) is 7.58. The molecule has 112 valence electrons. The molecular weight excluding hydrogens is 356 g/mol. The molecule has 0 bridgehead atoms. The van der Waals surface area contributed by atoms with Crippen LogP contribution in [0.3, 0.4) is 0 Å². The summed E-state index contributed by atoms with van der Waals surface area (Å²) in [7, 11) is 3.39. The summed E-state index contributed by atoms with van der Waals surface area (Å²) in [6.07, 6.45) is 0. The van der Waals surface area contributed by atoms with Crippen molar-refractivity contribution < 1.29 is 9.21 Å². The summed E-state index contributed by atoms with van der Waals surface area (Å²) in [6, 6.07) is 9.01. The van der Waals surface area contributed by atoms with E-state index in [1.54, 1.807) is 26.2 Å². The van der Waals surface area contributed by atoms with Crippen LogP contribution in [-0.4, -0.2) is 24.9 Å². The van der Waals surface area contributed by atoms with E-state index in [0.717, 1.165) is 11.4 Å². The molecule has 0 radical (unpaired) electrons. The topological polar surface area (TPSA) is 45.5 Å². The first-order valence-electron chi connectivity index (χ1n) is 6.41. The van der Waals surface area contributed by atoms with Crippen LogP contribution in [0.1, 0.15) is 29.1 Å². The van der Waals surface area contributed by atoms with Crippen molar-refractivity contribution in [3.8, 4) is 0 Å². The van der Waals surface area contributed by atoms with E-state index < -0.39 is 0 Å². The standard InChI is InChI=1S/C15H16BrClN2O2/c1-9(13-6-7-14(16)21-13)18-10-4-5-12(17)11(8-10)15(20)19(2)3/h4-9,18H,1-3H3. The van der Waals surface area contributed by atoms with Gasteiger partial charge in [0.1, 0.15) is 5.76 Å². The second-order valence-corrected chi connectivity index (χ2v) is 6.09. The largest absolute Gasteiger partial charge is 0.452 e. The minimum Gasteiger partial charge on any atom is -0.452 e. The zero-order valence-corrected chi connectivity index (χ0v) is 14.3. The van der Waals surface area contributed by atoms with E-state index in [1.165, 1.54) is 4.90 Å². The van der Waals surface area contributed by atoms with Crippen LogP contribution in [0.5, 0.6) is 0 Å². The highest BCUT2D eigenvalue weighted by Crippen LogP contribution is 2.26. The van der Waals surface area contributed by atoms with Gasteiger partial charge in [-0.1, -0.05) is 11.6 Å². The molecule has 21 heavy (non-hydrogen) atoms. The second kappa shape index (κ2) is 6.54. The number of halogens is 2. The SMILES string of the molecule is CC(Nc1ccc(Cl)c(C(=O)N(C)C)c1)c1ccc(Br)o1. The predicted octanol–water partition coefficient (Wildman–Crippen LogP) is 4.57. The summed E-state index contributed by atoms with van der Waals surface area (Å²) in [4.78, 5) is 13.6. The zero-order chi connectivity index (χ0) is 15.6. The molecule has 0 aliphatic heterocycles. The zero-order valence-electron chi connectivity index (χ0n) is 12.0. The molecule has 1 heterocycles. The van der Waals surface area contributed by atoms with Crippen molar-refractivity contribution in [2.75, 3.05) is 19.4 Å². The van der Waals surface area contributed by atoms with Crippen molar-refractivity contribution in [2.45, 2.75) is 13.0 Å². The number of anilines is 1. The Hall–Kier alpha value is -1.46. The molecule has 0 aliphatic carbocycles. The molecule has 0 saturated heterocycles. The fourth-order valence-corrected chi connectivity index (χ4v) is 2.42. The summed E-state index contributed by atoms with van der Waals surface area (Å²) < 4.78 is 6.20. The fraction of sp³-hybridized carbons (Fsp3) is 0.267. The van der Waals surface area contributed by atoms with Gasteiger partial charge in [0.05, 0.1) is 16.6 Å². The first kappa shape index (κ1) is 15.9. The van der Waals surface area contributed by atoms with E-state index in [4.69, 9.17) is 16.0 Å². The van der Waals surface area contributed by atoms with E-state index in [9.17, 15) is 4.79 Å². The maximum absolute atomic E-state index is 12.1. The molecule has 0 saturated carbocycles. The van der Waals surface area contributed by atoms with Crippen molar-refractivity contribution in [2.24, 2.45) is 0 Å². The molecule has 1 atom stereocenters. The van der Waals surface area contributed by atoms with Crippen molar-refractivity contribution in [3.05, 3.63) is 51.3 Å². The van der Waals surface area contributed by atoms with Crippen LogP contribution < -0.4 is 5.32 Å². The van der Waals surface area contributed by atoms with Gasteiger partial charge in [0.15, 0.2) is 4.67 Å². The Labute approximate surface area is 137 Å². The fourth-order valence-electron chi connectivity index (χ4n) is 1.90. The average Bonchev–Trinajstić information content (AvgIpc) is 2.86. The van der Waals surface area contributed by atoms with Crippen LogP contribution in [-0.2, 0) is 0 Å². The third-order valence-electron chi connectivity index (χ3n) is 3.01. The molecule has 1 aromatic carbocycles. The maximum Gasteiger partial charge on any atom is 0.254 e. The van der Waals surface area contributed by atoms with Gasteiger partial charge >= 0.3 is 0 Å². The second-order valence-electron chi connectivity index (χ2n) is 4.90. The Kier molecular flexibility index (Phi) is 4.96. The quantitative estimate of drug-likeness (QED) is 0.856. The van der Waals surface area contributed by atoms with Gasteiger partial charge in [-0.15, -0.1) is 0 Å². The number of rotatable bonds is 4. The van der Waals surface area contributed by atoms with Gasteiger partial charge in [-0.05, 0) is 53.2 Å². The van der Waals surface area contributed by atoms with Crippen LogP contribution in [0.4, 0.5) is 5.69 Å². The van der Waals surface area contributed by atoms with Crippen LogP contribution in [0, 0.1) is 0 Å². The van der Waals surface area contributed by atoms with Gasteiger partial charge in [-0.25, -0.2) is 0 Å². The van der Waals surface area contributed by atoms with Crippen molar-refractivity contribution in [1.82, 2.24) is 4.90 Å². The van der Waals surface area contributed by atoms with E-state index in [2.05, 4.69) is 21.2 Å². The van der Waals surface area contributed by atoms with Gasteiger partial charge in [-0.3, -0.25) is 4.79 Å². The molecule has 1 amide bonds. The third kappa shape index (κ3) is 3.80. The van der Waals surface area contributed by atoms with Crippen LogP contribution >= 0.6 is 27.5 Å². The van der Waals surface area contributed by atoms with Crippen LogP contribution in [0.25, 0.3) is 0 Å². The number of carbonyl (C=O) groups excluding carboxylic acids is 1. The van der Waals surface area contributed by atoms with E-state index in [0.29, 0.717) is 15.3 Å². The number of furan rings is 1. The van der Waals surface area contributed by atoms with Gasteiger partial charge < -0.3 is 14.6 Å². The Morgan fingerprint density at radius 3 is 2.62 bits per heavy atom. The molecule has 4 nitrogen and oxygen atoms in total. The Morgan fingerprint density at radius 1 is 1.33 bits per heavy atom. The molecular formula is C15H16BrClN2O2. The Morgan fingerprint density at radius 2 is 2.05 bits per heavy atom. The molecule has 6 heteroatoms. The van der Waals surface area contributed by atoms with Gasteiger partial charge in [0.25, 0.3) is 5.91 Å². The number of hydrogen-bond acceptors (Lipinski definition) is 3. The summed E-state index contributed by atoms with van der Waals surface area (Å²) in [5.74, 6) is 0.675. The monoisotopic (exact) mass is 370 g/mol. The molecule has 0 spiro atoms. The number of hydrogen-bond donors (Lipinski definition) is 1. The molecule has 0 aliphatic rings. The van der Waals surface area contributed by atoms with Crippen molar-refractivity contribution >= 4 is 39.1 Å². The molecule has 1 aromatic heterocycles. The first-order chi connectivity index (χ1) is 9.88. The molecule has 0 fully saturated rings. The summed E-state index contributed by atoms with van der Waals surface area (Å²) in [6.45, 7) is 1.98. The smallest absolute Gasteiger partial charge is 0.254 e. The Balaban J connectivity index is 2.21. The summed E-state index contributed by atoms with van der Waals surface area (Å²) in [5.41, 5.74) is 1.28. The minimum atomic E-state index is -0.128. The lowest BCUT2D eigenvalue weighted by Crippen LogP contribution is -2.22. The summed E-state index contributed by atoms with van der Waals surface area (Å²) >= 11 is 9.37. The lowest BCUT2D eigenvalue weighted by Gasteiger charge is -2.16. The lowest BCUT2D eigenvalue weighted by molar-refractivity contribution is 0.0828. The highest BCUT2D eigenvalue weighted by molar-refractivity contribution is 9.10. The lowest BCUT2D eigenvalue weighted by atomic mass is 10.1. The van der Waals surface area contributed by atoms with E-state index in [-0.39, 0.29) is 11.9 Å². The normalized spacial score (nSPS) is 12.0. The number of nitrogens with zero attached hydrogens (tertiary/aromatic N) is 1. The molecule has 2 aromatic rings. The highest BCUT2D eigenvalue weighted by Gasteiger charge is 2.15. The van der Waals surface area contributed by atoms with Gasteiger partial charge in [0, 0.05) is 19.8 Å². The highest BCUT2D eigenvalue weighted by atomic mass is 79.9. The maximum atomic E-state index is 12.1. The van der Waals surface area contributed by atoms with Crippen LogP contribution in [0.15, 0.2) is 39.4 Å². The number of amides is 1. The minimum absolute atomic E-state index is 0.0280. The van der Waals surface area contributed by atoms with Crippen molar-refractivity contribution in [1.29, 1.82) is 0 Å². The molecule has 2 rings (SSSR count). The predicted molar refractivity (Wildman–Crippen MR) is 87.9 cm³/mol. The van der Waals surface area contributed by atoms with E-state index in [1.807, 2.05) is 25.1 Å². The summed E-state index contributed by atoms with van der Waals surface area (Å²) in [5, 5.41) is 3.73. The number of benzene rings is 1. The molecule has 1 N–H and O–H groups in total. The van der Waals surface area contributed by atoms with Gasteiger partial charge in [0.2, 0.25) is 0 Å². The Bertz CT molecular complexity index is 655. The average molecular weight is 372 g/mol.